The fourth-order valence-corrected chi connectivity index (χ4v) is 4.07. The quantitative estimate of drug-likeness (QED) is 0.202. The van der Waals surface area contributed by atoms with Gasteiger partial charge in [-0.25, -0.2) is 4.79 Å². The van der Waals surface area contributed by atoms with Crippen LogP contribution in [-0.4, -0.2) is 28.7 Å². The highest BCUT2D eigenvalue weighted by Gasteiger charge is 2.16. The maximum Gasteiger partial charge on any atom is 0.362 e. The molecule has 0 saturated heterocycles. The number of unbranched alkanes of at least 4 members (excludes halogenated alkanes) is 12. The monoisotopic (exact) mass is 471 g/mol. The maximum absolute atomic E-state index is 12.6. The summed E-state index contributed by atoms with van der Waals surface area (Å²) in [7, 11) is 0. The minimum atomic E-state index is -0.762. The molecule has 0 spiro atoms. The second kappa shape index (κ2) is 16.0. The van der Waals surface area contributed by atoms with Crippen molar-refractivity contribution in [2.45, 2.75) is 104 Å². The lowest BCUT2D eigenvalue weighted by atomic mass is 10.0. The third kappa shape index (κ3) is 9.65. The molecule has 1 aromatic heterocycles. The Bertz CT molecular complexity index is 955. The molecule has 7 nitrogen and oxygen atoms in total. The highest BCUT2D eigenvalue weighted by molar-refractivity contribution is 5.95. The number of benzene rings is 1. The molecule has 2 N–H and O–H groups in total. The van der Waals surface area contributed by atoms with Crippen molar-refractivity contribution >= 4 is 28.5 Å². The number of hydrogen-bond donors (Lipinski definition) is 2. The largest absolute Gasteiger partial charge is 0.461 e. The summed E-state index contributed by atoms with van der Waals surface area (Å²) in [5.74, 6) is -0.832. The predicted octanol–water partition coefficient (Wildman–Crippen LogP) is 6.52. The van der Waals surface area contributed by atoms with Gasteiger partial charge in [0.1, 0.15) is 0 Å². The number of anilines is 1. The molecule has 0 bridgehead atoms. The van der Waals surface area contributed by atoms with Crippen LogP contribution in [0.15, 0.2) is 23.0 Å². The van der Waals surface area contributed by atoms with Crippen molar-refractivity contribution in [3.05, 3.63) is 34.1 Å². The molecule has 0 radical (unpaired) electrons. The molecular weight excluding hydrogens is 430 g/mol. The molecule has 2 aromatic rings. The van der Waals surface area contributed by atoms with E-state index in [1.165, 1.54) is 70.6 Å². The molecule has 34 heavy (non-hydrogen) atoms. The summed E-state index contributed by atoms with van der Waals surface area (Å²) in [5, 5.41) is 9.65. The van der Waals surface area contributed by atoms with E-state index in [-0.39, 0.29) is 23.6 Å². The van der Waals surface area contributed by atoms with Crippen molar-refractivity contribution in [1.82, 2.24) is 10.2 Å². The molecule has 0 aliphatic rings. The molecule has 0 aliphatic heterocycles. The van der Waals surface area contributed by atoms with E-state index in [0.29, 0.717) is 17.6 Å². The van der Waals surface area contributed by atoms with Crippen LogP contribution in [0, 0.1) is 0 Å². The minimum Gasteiger partial charge on any atom is -0.461 e. The number of hydrogen-bond acceptors (Lipinski definition) is 5. The molecule has 188 valence electrons. The summed E-state index contributed by atoms with van der Waals surface area (Å²) in [6.07, 6.45) is 16.9. The molecule has 0 saturated carbocycles. The molecular formula is C27H41N3O4. The van der Waals surface area contributed by atoms with Gasteiger partial charge in [-0.2, -0.15) is 5.10 Å². The molecule has 7 heteroatoms. The first kappa shape index (κ1) is 27.5. The topological polar surface area (TPSA) is 101 Å². The molecule has 0 unspecified atom stereocenters. The fraction of sp³-hybridized carbons (Fsp3) is 0.630. The lowest BCUT2D eigenvalue weighted by molar-refractivity contribution is -0.116. The van der Waals surface area contributed by atoms with Gasteiger partial charge in [-0.1, -0.05) is 84.0 Å². The molecule has 0 atom stereocenters. The summed E-state index contributed by atoms with van der Waals surface area (Å²) in [4.78, 5) is 36.8. The number of aromatic nitrogens is 2. The van der Waals surface area contributed by atoms with Crippen LogP contribution in [0.3, 0.4) is 0 Å². The number of esters is 1. The van der Waals surface area contributed by atoms with Crippen molar-refractivity contribution < 1.29 is 14.3 Å². The van der Waals surface area contributed by atoms with Gasteiger partial charge in [0, 0.05) is 12.1 Å². The average molecular weight is 472 g/mol. The number of fused-ring (bicyclic) bond motifs is 1. The number of ether oxygens (including phenoxy) is 1. The third-order valence-electron chi connectivity index (χ3n) is 6.03. The highest BCUT2D eigenvalue weighted by atomic mass is 16.5. The van der Waals surface area contributed by atoms with Crippen molar-refractivity contribution in [3.8, 4) is 0 Å². The lowest BCUT2D eigenvalue weighted by Crippen LogP contribution is -2.21. The Morgan fingerprint density at radius 2 is 1.47 bits per heavy atom. The van der Waals surface area contributed by atoms with Gasteiger partial charge in [-0.3, -0.25) is 14.7 Å². The van der Waals surface area contributed by atoms with Gasteiger partial charge < -0.3 is 10.1 Å². The van der Waals surface area contributed by atoms with E-state index in [0.717, 1.165) is 12.8 Å². The van der Waals surface area contributed by atoms with Crippen LogP contribution in [-0.2, 0) is 9.53 Å². The number of nitrogens with zero attached hydrogens (tertiary/aromatic N) is 1. The van der Waals surface area contributed by atoms with E-state index >= 15 is 0 Å². The van der Waals surface area contributed by atoms with E-state index in [4.69, 9.17) is 4.74 Å². The molecule has 2 rings (SSSR count). The number of aromatic amines is 1. The molecule has 1 aromatic carbocycles. The Morgan fingerprint density at radius 1 is 0.882 bits per heavy atom. The molecule has 0 aliphatic carbocycles. The average Bonchev–Trinajstić information content (AvgIpc) is 2.82. The number of carbonyl (C=O) groups excluding carboxylic acids is 2. The van der Waals surface area contributed by atoms with Crippen molar-refractivity contribution in [2.75, 3.05) is 11.9 Å². The van der Waals surface area contributed by atoms with E-state index in [9.17, 15) is 14.4 Å². The zero-order chi connectivity index (χ0) is 24.6. The summed E-state index contributed by atoms with van der Waals surface area (Å²) < 4.78 is 4.87. The second-order valence-electron chi connectivity index (χ2n) is 8.92. The smallest absolute Gasteiger partial charge is 0.362 e. The Kier molecular flexibility index (Phi) is 13.0. The van der Waals surface area contributed by atoms with E-state index < -0.39 is 11.4 Å². The molecule has 1 heterocycles. The normalized spacial score (nSPS) is 11.0. The third-order valence-corrected chi connectivity index (χ3v) is 6.03. The Balaban J connectivity index is 1.65. The molecule has 1 amide bonds. The van der Waals surface area contributed by atoms with Crippen LogP contribution in [0.4, 0.5) is 5.69 Å². The van der Waals surface area contributed by atoms with Crippen LogP contribution in [0.25, 0.3) is 10.9 Å². The van der Waals surface area contributed by atoms with Gasteiger partial charge >= 0.3 is 5.97 Å². The first-order chi connectivity index (χ1) is 16.6. The predicted molar refractivity (Wildman–Crippen MR) is 137 cm³/mol. The van der Waals surface area contributed by atoms with Crippen LogP contribution in [0.5, 0.6) is 0 Å². The van der Waals surface area contributed by atoms with Gasteiger partial charge in [0.05, 0.1) is 17.5 Å². The molecule has 0 fully saturated rings. The minimum absolute atomic E-state index is 0.0708. The Hall–Kier alpha value is -2.70. The van der Waals surface area contributed by atoms with Gasteiger partial charge in [-0.15, -0.1) is 0 Å². The highest BCUT2D eigenvalue weighted by Crippen LogP contribution is 2.16. The van der Waals surface area contributed by atoms with Gasteiger partial charge in [0.2, 0.25) is 17.0 Å². The second-order valence-corrected chi connectivity index (χ2v) is 8.92. The number of rotatable bonds is 17. The van der Waals surface area contributed by atoms with Crippen LogP contribution in [0.1, 0.15) is 114 Å². The fourth-order valence-electron chi connectivity index (χ4n) is 4.07. The van der Waals surface area contributed by atoms with Crippen molar-refractivity contribution in [2.24, 2.45) is 0 Å². The van der Waals surface area contributed by atoms with Gasteiger partial charge in [0.15, 0.2) is 0 Å². The standard InChI is InChI=1S/C27H41N3O4/c1-3-5-6-7-8-9-10-11-12-13-14-15-16-17-24(31)28-21-18-19-23-22(20-21)26(32)25(30-29-23)27(33)34-4-2/h18-20H,3-17H2,1-2H3,(H,28,31)(H,29,32). The van der Waals surface area contributed by atoms with Crippen LogP contribution < -0.4 is 10.7 Å². The maximum atomic E-state index is 12.6. The zero-order valence-electron chi connectivity index (χ0n) is 20.9. The van der Waals surface area contributed by atoms with Crippen LogP contribution >= 0.6 is 0 Å². The van der Waals surface area contributed by atoms with Crippen molar-refractivity contribution in [1.29, 1.82) is 0 Å². The summed E-state index contributed by atoms with van der Waals surface area (Å²) in [5.41, 5.74) is 0.218. The van der Waals surface area contributed by atoms with Crippen LogP contribution in [0.2, 0.25) is 0 Å². The first-order valence-corrected chi connectivity index (χ1v) is 13.1. The van der Waals surface area contributed by atoms with E-state index in [2.05, 4.69) is 22.4 Å². The van der Waals surface area contributed by atoms with E-state index in [1.54, 1.807) is 25.1 Å². The van der Waals surface area contributed by atoms with Crippen molar-refractivity contribution in [3.63, 3.8) is 0 Å². The first-order valence-electron chi connectivity index (χ1n) is 13.1. The summed E-state index contributed by atoms with van der Waals surface area (Å²) in [6.45, 7) is 4.08. The number of carbonyl (C=O) groups is 2. The number of nitrogens with one attached hydrogen (secondary N) is 2. The Morgan fingerprint density at radius 3 is 2.06 bits per heavy atom. The Labute approximate surface area is 203 Å². The van der Waals surface area contributed by atoms with Gasteiger partial charge in [-0.05, 0) is 31.5 Å². The SMILES string of the molecule is CCCCCCCCCCCCCCCC(=O)Nc1ccc2[nH]nc(C(=O)OCC)c(=O)c2c1. The van der Waals surface area contributed by atoms with Gasteiger partial charge in [0.25, 0.3) is 0 Å². The van der Waals surface area contributed by atoms with E-state index in [1.807, 2.05) is 0 Å². The zero-order valence-corrected chi connectivity index (χ0v) is 20.9. The summed E-state index contributed by atoms with van der Waals surface area (Å²) >= 11 is 0. The lowest BCUT2D eigenvalue weighted by Gasteiger charge is -2.07. The number of H-pyrrole nitrogens is 1. The summed E-state index contributed by atoms with van der Waals surface area (Å²) in [6, 6.07) is 4.95. The number of amides is 1.